The number of sulfonamides is 1. The molecule has 8 nitrogen and oxygen atoms in total. The zero-order valence-corrected chi connectivity index (χ0v) is 31.3. The summed E-state index contributed by atoms with van der Waals surface area (Å²) in [5.74, 6) is -0.952. The molecule has 13 heteroatoms. The van der Waals surface area contributed by atoms with Crippen LogP contribution in [0.25, 0.3) is 22.4 Å². The number of aromatic nitrogens is 1. The van der Waals surface area contributed by atoms with Crippen LogP contribution in [-0.4, -0.2) is 53.8 Å². The molecule has 4 aromatic carbocycles. The Balaban J connectivity index is 1.26. The Morgan fingerprint density at radius 1 is 0.745 bits per heavy atom. The monoisotopic (exact) mass is 752 g/mol. The molecule has 1 N–H and O–H groups in total. The molecule has 1 saturated heterocycles. The first kappa shape index (κ1) is 36.4. The van der Waals surface area contributed by atoms with Crippen LogP contribution in [0.5, 0.6) is 0 Å². The molecule has 6 rings (SSSR count). The van der Waals surface area contributed by atoms with Crippen molar-refractivity contribution in [3.05, 3.63) is 113 Å². The minimum Gasteiger partial charge on any atom is -0.368 e. The Morgan fingerprint density at radius 3 is 1.92 bits per heavy atom. The lowest BCUT2D eigenvalue weighted by molar-refractivity contribution is 0.583. The predicted octanol–water partition coefficient (Wildman–Crippen LogP) is 8.48. The topological polar surface area (TPSA) is 91.7 Å². The van der Waals surface area contributed by atoms with Gasteiger partial charge in [-0.3, -0.25) is 4.72 Å². The van der Waals surface area contributed by atoms with Crippen LogP contribution in [0, 0.1) is 25.5 Å². The van der Waals surface area contributed by atoms with Crippen LogP contribution in [0.2, 0.25) is 5.02 Å². The Bertz CT molecular complexity index is 2320. The zero-order chi connectivity index (χ0) is 36.8. The largest absolute Gasteiger partial charge is 0.368 e. The van der Waals surface area contributed by atoms with Gasteiger partial charge in [-0.2, -0.15) is 0 Å². The first-order chi connectivity index (χ1) is 24.0. The van der Waals surface area contributed by atoms with Crippen LogP contribution in [0.1, 0.15) is 31.1 Å². The van der Waals surface area contributed by atoms with Crippen molar-refractivity contribution in [2.75, 3.05) is 47.0 Å². The van der Waals surface area contributed by atoms with Crippen molar-refractivity contribution in [2.45, 2.75) is 43.5 Å². The van der Waals surface area contributed by atoms with Gasteiger partial charge < -0.3 is 14.4 Å². The summed E-state index contributed by atoms with van der Waals surface area (Å²) in [5, 5.41) is 0.549. The van der Waals surface area contributed by atoms with Crippen molar-refractivity contribution in [1.82, 2.24) is 4.57 Å². The molecule has 0 amide bonds. The molecule has 0 unspecified atom stereocenters. The zero-order valence-electron chi connectivity index (χ0n) is 28.9. The van der Waals surface area contributed by atoms with Gasteiger partial charge in [-0.25, -0.2) is 25.6 Å². The second-order valence-corrected chi connectivity index (χ2v) is 17.2. The lowest BCUT2D eigenvalue weighted by Gasteiger charge is -2.37. The standard InChI is InChI=1S/C38H39ClF2N4O4S2/c1-24(2)45-26(4)38(50(5,46)47)36(37(45)27-6-8-29(39)9-7-27)28-21-30(40)23-33(22-28)44-18-16-43(17-19-44)32-12-10-31(11-13-32)42-51(48,49)34-14-15-35(41)25(3)20-34/h6-15,20-24,42H,16-19H2,1-5H3. The Hall–Kier alpha value is -4.39. The third kappa shape index (κ3) is 7.49. The van der Waals surface area contributed by atoms with Gasteiger partial charge in [0.05, 0.1) is 15.5 Å². The fourth-order valence-corrected chi connectivity index (χ4v) is 9.30. The van der Waals surface area contributed by atoms with Crippen LogP contribution < -0.4 is 14.5 Å². The number of sulfone groups is 1. The van der Waals surface area contributed by atoms with Gasteiger partial charge in [-0.1, -0.05) is 23.7 Å². The van der Waals surface area contributed by atoms with Crippen LogP contribution in [-0.2, 0) is 19.9 Å². The van der Waals surface area contributed by atoms with Crippen molar-refractivity contribution < 1.29 is 25.6 Å². The van der Waals surface area contributed by atoms with Gasteiger partial charge in [0.15, 0.2) is 9.84 Å². The van der Waals surface area contributed by atoms with Crippen LogP contribution in [0.3, 0.4) is 0 Å². The number of hydrogen-bond donors (Lipinski definition) is 1. The van der Waals surface area contributed by atoms with Gasteiger partial charge in [0, 0.05) is 71.8 Å². The molecule has 0 saturated carbocycles. The smallest absolute Gasteiger partial charge is 0.261 e. The quantitative estimate of drug-likeness (QED) is 0.163. The molecule has 0 aliphatic carbocycles. The number of piperazine rings is 1. The second-order valence-electron chi connectivity index (χ2n) is 13.1. The van der Waals surface area contributed by atoms with Gasteiger partial charge >= 0.3 is 0 Å². The SMILES string of the molecule is Cc1cc(S(=O)(=O)Nc2ccc(N3CCN(c4cc(F)cc(-c5c(S(C)(=O)=O)c(C)n(C(C)C)c5-c5ccc(Cl)cc5)c4)CC3)cc2)ccc1F. The molecule has 0 bridgehead atoms. The van der Waals surface area contributed by atoms with E-state index < -0.39 is 31.5 Å². The molecule has 1 fully saturated rings. The molecule has 268 valence electrons. The van der Waals surface area contributed by atoms with E-state index in [1.165, 1.54) is 37.4 Å². The number of anilines is 3. The summed E-state index contributed by atoms with van der Waals surface area (Å²) < 4.78 is 86.2. The van der Waals surface area contributed by atoms with E-state index in [2.05, 4.69) is 14.5 Å². The van der Waals surface area contributed by atoms with Gasteiger partial charge in [0.1, 0.15) is 11.6 Å². The number of nitrogens with zero attached hydrogens (tertiary/aromatic N) is 3. The van der Waals surface area contributed by atoms with E-state index in [0.717, 1.165) is 17.3 Å². The highest BCUT2D eigenvalue weighted by atomic mass is 35.5. The average Bonchev–Trinajstić information content (AvgIpc) is 3.40. The fourth-order valence-electron chi connectivity index (χ4n) is 6.81. The molecular formula is C38H39ClF2N4O4S2. The number of rotatable bonds is 9. The Labute approximate surface area is 303 Å². The normalized spacial score (nSPS) is 14.0. The average molecular weight is 753 g/mol. The summed E-state index contributed by atoms with van der Waals surface area (Å²) in [7, 11) is -7.62. The molecule has 0 radical (unpaired) electrons. The molecule has 5 aromatic rings. The van der Waals surface area contributed by atoms with Crippen molar-refractivity contribution in [3.63, 3.8) is 0 Å². The van der Waals surface area contributed by atoms with Gasteiger partial charge in [0.25, 0.3) is 10.0 Å². The maximum Gasteiger partial charge on any atom is 0.261 e. The highest BCUT2D eigenvalue weighted by molar-refractivity contribution is 7.92. The number of benzene rings is 4. The molecule has 1 aliphatic heterocycles. The van der Waals surface area contributed by atoms with Crippen LogP contribution >= 0.6 is 11.6 Å². The number of nitrogens with one attached hydrogen (secondary N) is 1. The van der Waals surface area contributed by atoms with Gasteiger partial charge in [-0.15, -0.1) is 0 Å². The third-order valence-electron chi connectivity index (χ3n) is 9.14. The Kier molecular flexibility index (Phi) is 9.97. The number of hydrogen-bond acceptors (Lipinski definition) is 6. The highest BCUT2D eigenvalue weighted by Crippen LogP contribution is 2.44. The first-order valence-electron chi connectivity index (χ1n) is 16.4. The van der Waals surface area contributed by atoms with E-state index in [9.17, 15) is 21.2 Å². The Morgan fingerprint density at radius 2 is 1.35 bits per heavy atom. The minimum atomic E-state index is -3.90. The lowest BCUT2D eigenvalue weighted by atomic mass is 9.99. The fraction of sp³-hybridized carbons (Fsp3) is 0.263. The first-order valence-corrected chi connectivity index (χ1v) is 20.2. The molecule has 1 aromatic heterocycles. The number of halogens is 3. The maximum atomic E-state index is 15.5. The molecule has 0 spiro atoms. The van der Waals surface area contributed by atoms with Crippen molar-refractivity contribution in [1.29, 1.82) is 0 Å². The summed E-state index contributed by atoms with van der Waals surface area (Å²) in [5.41, 5.74) is 5.10. The summed E-state index contributed by atoms with van der Waals surface area (Å²) in [6.45, 7) is 9.62. The predicted molar refractivity (Wildman–Crippen MR) is 201 cm³/mol. The highest BCUT2D eigenvalue weighted by Gasteiger charge is 2.30. The molecule has 1 aliphatic rings. The number of aryl methyl sites for hydroxylation is 1. The molecule has 0 atom stereocenters. The summed E-state index contributed by atoms with van der Waals surface area (Å²) in [4.78, 5) is 4.37. The lowest BCUT2D eigenvalue weighted by Crippen LogP contribution is -2.46. The summed E-state index contributed by atoms with van der Waals surface area (Å²) >= 11 is 6.21. The van der Waals surface area contributed by atoms with E-state index in [4.69, 9.17) is 11.6 Å². The van der Waals surface area contributed by atoms with Crippen molar-refractivity contribution in [2.24, 2.45) is 0 Å². The molecular weight excluding hydrogens is 714 g/mol. The van der Waals surface area contributed by atoms with E-state index in [-0.39, 0.29) is 21.4 Å². The van der Waals surface area contributed by atoms with Crippen LogP contribution in [0.4, 0.5) is 25.8 Å². The third-order valence-corrected chi connectivity index (χ3v) is 12.0. The molecule has 51 heavy (non-hydrogen) atoms. The summed E-state index contributed by atoms with van der Waals surface area (Å²) in [6, 6.07) is 22.5. The second kappa shape index (κ2) is 14.0. The van der Waals surface area contributed by atoms with Crippen molar-refractivity contribution in [3.8, 4) is 22.4 Å². The van der Waals surface area contributed by atoms with E-state index >= 15 is 4.39 Å². The van der Waals surface area contributed by atoms with Crippen LogP contribution in [0.15, 0.2) is 94.7 Å². The van der Waals surface area contributed by atoms with E-state index in [0.29, 0.717) is 65.1 Å². The van der Waals surface area contributed by atoms with E-state index in [1.54, 1.807) is 31.2 Å². The maximum absolute atomic E-state index is 15.5. The van der Waals surface area contributed by atoms with Crippen molar-refractivity contribution >= 4 is 48.5 Å². The summed E-state index contributed by atoms with van der Waals surface area (Å²) in [6.07, 6.45) is 1.18. The molecule has 2 heterocycles. The van der Waals surface area contributed by atoms with E-state index in [1.807, 2.05) is 48.7 Å². The van der Waals surface area contributed by atoms with Gasteiger partial charge in [-0.05, 0) is 117 Å². The van der Waals surface area contributed by atoms with Gasteiger partial charge in [0.2, 0.25) is 0 Å². The minimum absolute atomic E-state index is 0.0246.